The highest BCUT2D eigenvalue weighted by atomic mass is 16.7. The summed E-state index contributed by atoms with van der Waals surface area (Å²) in [6.45, 7) is 0. The SMILES string of the molecule is O=CCC(Oc1ccccc1)Oc1ccccc1. The van der Waals surface area contributed by atoms with Crippen LogP contribution in [0.1, 0.15) is 6.42 Å². The molecule has 0 bridgehead atoms. The van der Waals surface area contributed by atoms with Crippen LogP contribution in [0.4, 0.5) is 0 Å². The van der Waals surface area contributed by atoms with Crippen LogP contribution in [0, 0.1) is 0 Å². The number of carbonyl (C=O) groups excluding carboxylic acids is 1. The Hall–Kier alpha value is -2.29. The molecule has 2 aromatic rings. The van der Waals surface area contributed by atoms with Crippen molar-refractivity contribution in [2.45, 2.75) is 12.7 Å². The maximum Gasteiger partial charge on any atom is 0.247 e. The van der Waals surface area contributed by atoms with Crippen LogP contribution in [0.5, 0.6) is 11.5 Å². The van der Waals surface area contributed by atoms with E-state index in [9.17, 15) is 4.79 Å². The molecule has 0 fully saturated rings. The Morgan fingerprint density at radius 2 is 1.28 bits per heavy atom. The number of ether oxygens (including phenoxy) is 2. The number of hydrogen-bond acceptors (Lipinski definition) is 3. The predicted octanol–water partition coefficient (Wildman–Crippen LogP) is 3.06. The third-order valence-corrected chi connectivity index (χ3v) is 2.31. The van der Waals surface area contributed by atoms with Crippen molar-refractivity contribution < 1.29 is 14.3 Å². The standard InChI is InChI=1S/C15H14O3/c16-12-11-15(17-13-7-3-1-4-8-13)18-14-9-5-2-6-10-14/h1-10,12,15H,11H2. The van der Waals surface area contributed by atoms with Crippen LogP contribution in [0.25, 0.3) is 0 Å². The molecular weight excluding hydrogens is 228 g/mol. The van der Waals surface area contributed by atoms with E-state index in [0.29, 0.717) is 11.5 Å². The molecule has 0 atom stereocenters. The first-order valence-electron chi connectivity index (χ1n) is 5.75. The van der Waals surface area contributed by atoms with Crippen LogP contribution in [-0.4, -0.2) is 12.6 Å². The Kier molecular flexibility index (Phi) is 4.36. The molecule has 92 valence electrons. The van der Waals surface area contributed by atoms with E-state index in [1.807, 2.05) is 60.7 Å². The molecule has 0 aliphatic rings. The molecule has 0 aliphatic carbocycles. The van der Waals surface area contributed by atoms with Crippen LogP contribution in [-0.2, 0) is 4.79 Å². The molecule has 0 aliphatic heterocycles. The highest BCUT2D eigenvalue weighted by Gasteiger charge is 2.11. The number of hydrogen-bond donors (Lipinski definition) is 0. The topological polar surface area (TPSA) is 35.5 Å². The third-order valence-electron chi connectivity index (χ3n) is 2.31. The molecule has 2 rings (SSSR count). The summed E-state index contributed by atoms with van der Waals surface area (Å²) in [5, 5.41) is 0. The maximum atomic E-state index is 10.6. The van der Waals surface area contributed by atoms with Gasteiger partial charge in [0.15, 0.2) is 0 Å². The summed E-state index contributed by atoms with van der Waals surface area (Å²) >= 11 is 0. The minimum Gasteiger partial charge on any atom is -0.454 e. The van der Waals surface area contributed by atoms with E-state index >= 15 is 0 Å². The Morgan fingerprint density at radius 3 is 1.67 bits per heavy atom. The summed E-state index contributed by atoms with van der Waals surface area (Å²) in [7, 11) is 0. The second-order valence-corrected chi connectivity index (χ2v) is 3.69. The molecule has 0 heterocycles. The number of benzene rings is 2. The molecule has 2 aromatic carbocycles. The fourth-order valence-electron chi connectivity index (χ4n) is 1.50. The van der Waals surface area contributed by atoms with Crippen molar-refractivity contribution in [2.75, 3.05) is 0 Å². The van der Waals surface area contributed by atoms with Crippen molar-refractivity contribution in [1.29, 1.82) is 0 Å². The van der Waals surface area contributed by atoms with Gasteiger partial charge in [-0.1, -0.05) is 36.4 Å². The van der Waals surface area contributed by atoms with Gasteiger partial charge in [-0.05, 0) is 24.3 Å². The zero-order valence-corrected chi connectivity index (χ0v) is 9.86. The first kappa shape index (κ1) is 12.2. The largest absolute Gasteiger partial charge is 0.454 e. The van der Waals surface area contributed by atoms with Gasteiger partial charge in [0.25, 0.3) is 0 Å². The molecule has 0 N–H and O–H groups in total. The fourth-order valence-corrected chi connectivity index (χ4v) is 1.50. The Balaban J connectivity index is 2.02. The molecule has 0 amide bonds. The van der Waals surface area contributed by atoms with Gasteiger partial charge in [-0.3, -0.25) is 0 Å². The van der Waals surface area contributed by atoms with Crippen molar-refractivity contribution in [2.24, 2.45) is 0 Å². The van der Waals surface area contributed by atoms with Crippen molar-refractivity contribution in [3.05, 3.63) is 60.7 Å². The second kappa shape index (κ2) is 6.45. The van der Waals surface area contributed by atoms with Crippen LogP contribution >= 0.6 is 0 Å². The highest BCUT2D eigenvalue weighted by molar-refractivity contribution is 5.50. The first-order valence-corrected chi connectivity index (χ1v) is 5.75. The Morgan fingerprint density at radius 1 is 0.833 bits per heavy atom. The van der Waals surface area contributed by atoms with Gasteiger partial charge in [-0.2, -0.15) is 0 Å². The van der Waals surface area contributed by atoms with Gasteiger partial charge in [0, 0.05) is 0 Å². The summed E-state index contributed by atoms with van der Waals surface area (Å²) in [4.78, 5) is 10.6. The second-order valence-electron chi connectivity index (χ2n) is 3.69. The fraction of sp³-hybridized carbons (Fsp3) is 0.133. The lowest BCUT2D eigenvalue weighted by molar-refractivity contribution is -0.112. The average molecular weight is 242 g/mol. The highest BCUT2D eigenvalue weighted by Crippen LogP contribution is 2.16. The van der Waals surface area contributed by atoms with E-state index in [4.69, 9.17) is 9.47 Å². The molecule has 0 spiro atoms. The van der Waals surface area contributed by atoms with E-state index in [0.717, 1.165) is 6.29 Å². The van der Waals surface area contributed by atoms with Crippen LogP contribution in [0.2, 0.25) is 0 Å². The smallest absolute Gasteiger partial charge is 0.247 e. The number of rotatable bonds is 6. The summed E-state index contributed by atoms with van der Waals surface area (Å²) < 4.78 is 11.2. The summed E-state index contributed by atoms with van der Waals surface area (Å²) in [5.41, 5.74) is 0. The minimum atomic E-state index is -0.604. The molecule has 0 unspecified atom stereocenters. The molecule has 0 radical (unpaired) electrons. The lowest BCUT2D eigenvalue weighted by Crippen LogP contribution is -2.24. The van der Waals surface area contributed by atoms with Gasteiger partial charge in [-0.15, -0.1) is 0 Å². The van der Waals surface area contributed by atoms with E-state index in [1.54, 1.807) is 0 Å². The van der Waals surface area contributed by atoms with Gasteiger partial charge in [0.05, 0.1) is 6.42 Å². The van der Waals surface area contributed by atoms with Gasteiger partial charge in [0.1, 0.15) is 17.8 Å². The minimum absolute atomic E-state index is 0.184. The predicted molar refractivity (Wildman–Crippen MR) is 68.6 cm³/mol. The van der Waals surface area contributed by atoms with Crippen molar-refractivity contribution >= 4 is 6.29 Å². The van der Waals surface area contributed by atoms with Gasteiger partial charge >= 0.3 is 0 Å². The zero-order valence-electron chi connectivity index (χ0n) is 9.86. The van der Waals surface area contributed by atoms with Crippen LogP contribution in [0.15, 0.2) is 60.7 Å². The van der Waals surface area contributed by atoms with Crippen LogP contribution in [0.3, 0.4) is 0 Å². The van der Waals surface area contributed by atoms with Crippen molar-refractivity contribution in [1.82, 2.24) is 0 Å². The Bertz CT molecular complexity index is 426. The van der Waals surface area contributed by atoms with Gasteiger partial charge in [-0.25, -0.2) is 0 Å². The van der Waals surface area contributed by atoms with E-state index in [1.165, 1.54) is 0 Å². The summed E-state index contributed by atoms with van der Waals surface area (Å²) in [6, 6.07) is 18.6. The molecule has 0 saturated carbocycles. The lowest BCUT2D eigenvalue weighted by Gasteiger charge is -2.18. The number of para-hydroxylation sites is 2. The summed E-state index contributed by atoms with van der Waals surface area (Å²) in [6.07, 6.45) is 0.368. The van der Waals surface area contributed by atoms with Gasteiger partial charge < -0.3 is 14.3 Å². The average Bonchev–Trinajstić information content (AvgIpc) is 2.41. The molecule has 3 heteroatoms. The quantitative estimate of drug-likeness (QED) is 0.577. The van der Waals surface area contributed by atoms with E-state index in [-0.39, 0.29) is 6.42 Å². The zero-order chi connectivity index (χ0) is 12.6. The molecule has 18 heavy (non-hydrogen) atoms. The van der Waals surface area contributed by atoms with E-state index < -0.39 is 6.29 Å². The molecule has 0 saturated heterocycles. The molecule has 0 aromatic heterocycles. The monoisotopic (exact) mass is 242 g/mol. The van der Waals surface area contributed by atoms with Crippen molar-refractivity contribution in [3.63, 3.8) is 0 Å². The van der Waals surface area contributed by atoms with Crippen molar-refractivity contribution in [3.8, 4) is 11.5 Å². The maximum absolute atomic E-state index is 10.6. The number of aldehydes is 1. The molecule has 3 nitrogen and oxygen atoms in total. The lowest BCUT2D eigenvalue weighted by atomic mass is 10.3. The normalized spacial score (nSPS) is 10.1. The van der Waals surface area contributed by atoms with Crippen LogP contribution < -0.4 is 9.47 Å². The third kappa shape index (κ3) is 3.63. The molecular formula is C15H14O3. The van der Waals surface area contributed by atoms with Gasteiger partial charge in [0.2, 0.25) is 6.29 Å². The summed E-state index contributed by atoms with van der Waals surface area (Å²) in [5.74, 6) is 1.36. The van der Waals surface area contributed by atoms with E-state index in [2.05, 4.69) is 0 Å². The number of carbonyl (C=O) groups is 1. The Labute approximate surface area is 106 Å². The first-order chi connectivity index (χ1) is 8.88.